The fourth-order valence-corrected chi connectivity index (χ4v) is 4.43. The van der Waals surface area contributed by atoms with Gasteiger partial charge in [-0.25, -0.2) is 8.42 Å². The first kappa shape index (κ1) is 20.6. The maximum atomic E-state index is 11.0. The van der Waals surface area contributed by atoms with E-state index in [2.05, 4.69) is 39.4 Å². The lowest BCUT2D eigenvalue weighted by atomic mass is 9.94. The molecule has 1 aliphatic rings. The quantitative estimate of drug-likeness (QED) is 0.459. The molecule has 1 saturated heterocycles. The van der Waals surface area contributed by atoms with E-state index in [-0.39, 0.29) is 17.8 Å². The van der Waals surface area contributed by atoms with Crippen LogP contribution < -0.4 is 10.1 Å². The van der Waals surface area contributed by atoms with Gasteiger partial charge in [-0.15, -0.1) is 5.10 Å². The number of nitrogens with one attached hydrogen (secondary N) is 2. The van der Waals surface area contributed by atoms with Gasteiger partial charge in [0.25, 0.3) is 0 Å². The zero-order valence-electron chi connectivity index (χ0n) is 17.1. The summed E-state index contributed by atoms with van der Waals surface area (Å²) in [6.07, 6.45) is 5.29. The van der Waals surface area contributed by atoms with Gasteiger partial charge in [-0.2, -0.15) is 14.6 Å². The van der Waals surface area contributed by atoms with Gasteiger partial charge in [0.15, 0.2) is 16.4 Å². The van der Waals surface area contributed by atoms with Crippen molar-refractivity contribution in [1.29, 1.82) is 0 Å². The monoisotopic (exact) mass is 433 g/mol. The van der Waals surface area contributed by atoms with Crippen molar-refractivity contribution >= 4 is 22.3 Å². The number of ether oxygens (including phenoxy) is 1. The van der Waals surface area contributed by atoms with Gasteiger partial charge in [0.05, 0.1) is 18.7 Å². The molecule has 2 atom stereocenters. The van der Waals surface area contributed by atoms with Crippen molar-refractivity contribution in [3.8, 4) is 17.0 Å². The summed E-state index contributed by atoms with van der Waals surface area (Å²) in [6, 6.07) is 4.06. The number of aromatic nitrogens is 5. The van der Waals surface area contributed by atoms with Crippen molar-refractivity contribution < 1.29 is 13.2 Å². The number of likely N-dealkylation sites (tertiary alicyclic amines) is 1. The highest BCUT2D eigenvalue weighted by Gasteiger charge is 2.27. The number of fused-ring (bicyclic) bond motifs is 1. The SMILES string of the molecule is CCCOc1c(-c2cn[nH]c2)ccc2nc(N[C@H]3CCN(C[SH](=O)=O)C[C@H]3C)nn12. The zero-order valence-corrected chi connectivity index (χ0v) is 18.0. The molecule has 30 heavy (non-hydrogen) atoms. The Balaban J connectivity index is 1.57. The third kappa shape index (κ3) is 4.41. The highest BCUT2D eigenvalue weighted by atomic mass is 32.2. The predicted molar refractivity (Wildman–Crippen MR) is 114 cm³/mol. The lowest BCUT2D eigenvalue weighted by Crippen LogP contribution is -2.45. The predicted octanol–water partition coefficient (Wildman–Crippen LogP) is 1.60. The maximum Gasteiger partial charge on any atom is 0.243 e. The lowest BCUT2D eigenvalue weighted by Gasteiger charge is -2.35. The van der Waals surface area contributed by atoms with E-state index < -0.39 is 10.7 Å². The number of aromatic amines is 1. The van der Waals surface area contributed by atoms with E-state index in [1.165, 1.54) is 0 Å². The van der Waals surface area contributed by atoms with Crippen LogP contribution in [0.15, 0.2) is 24.5 Å². The van der Waals surface area contributed by atoms with Crippen LogP contribution >= 0.6 is 0 Å². The fourth-order valence-electron chi connectivity index (χ4n) is 3.85. The minimum Gasteiger partial charge on any atom is -0.477 e. The summed E-state index contributed by atoms with van der Waals surface area (Å²) in [7, 11) is -2.39. The largest absolute Gasteiger partial charge is 0.477 e. The van der Waals surface area contributed by atoms with E-state index in [4.69, 9.17) is 4.74 Å². The molecule has 2 N–H and O–H groups in total. The molecular weight excluding hydrogens is 406 g/mol. The summed E-state index contributed by atoms with van der Waals surface area (Å²) in [5.41, 5.74) is 2.52. The molecule has 0 aromatic carbocycles. The van der Waals surface area contributed by atoms with Crippen molar-refractivity contribution in [2.24, 2.45) is 5.92 Å². The van der Waals surface area contributed by atoms with Crippen molar-refractivity contribution in [3.05, 3.63) is 24.5 Å². The minimum atomic E-state index is -2.39. The molecule has 10 nitrogen and oxygen atoms in total. The Kier molecular flexibility index (Phi) is 6.18. The summed E-state index contributed by atoms with van der Waals surface area (Å²) in [4.78, 5) is 6.60. The maximum absolute atomic E-state index is 11.0. The molecule has 0 unspecified atom stereocenters. The summed E-state index contributed by atoms with van der Waals surface area (Å²) >= 11 is 0. The van der Waals surface area contributed by atoms with Crippen LogP contribution in [0.4, 0.5) is 5.95 Å². The van der Waals surface area contributed by atoms with E-state index in [9.17, 15) is 8.42 Å². The van der Waals surface area contributed by atoms with Crippen molar-refractivity contribution in [1.82, 2.24) is 29.7 Å². The van der Waals surface area contributed by atoms with Crippen LogP contribution in [0.5, 0.6) is 5.88 Å². The van der Waals surface area contributed by atoms with Crippen LogP contribution in [0.25, 0.3) is 16.8 Å². The van der Waals surface area contributed by atoms with Gasteiger partial charge in [0, 0.05) is 36.5 Å². The topological polar surface area (TPSA) is 118 Å². The average molecular weight is 434 g/mol. The number of pyridine rings is 1. The molecule has 162 valence electrons. The molecule has 4 heterocycles. The van der Waals surface area contributed by atoms with Gasteiger partial charge in [0.1, 0.15) is 0 Å². The van der Waals surface area contributed by atoms with E-state index in [1.54, 1.807) is 10.7 Å². The Labute approximate surface area is 176 Å². The van der Waals surface area contributed by atoms with Gasteiger partial charge in [-0.3, -0.25) is 10.00 Å². The first-order valence-electron chi connectivity index (χ1n) is 10.2. The smallest absolute Gasteiger partial charge is 0.243 e. The highest BCUT2D eigenvalue weighted by Crippen LogP contribution is 2.31. The first-order chi connectivity index (χ1) is 14.5. The van der Waals surface area contributed by atoms with Crippen molar-refractivity contribution in [2.45, 2.75) is 32.7 Å². The summed E-state index contributed by atoms with van der Waals surface area (Å²) in [5.74, 6) is 1.57. The van der Waals surface area contributed by atoms with E-state index >= 15 is 0 Å². The molecular formula is C19H27N7O3S. The molecule has 0 aliphatic carbocycles. The highest BCUT2D eigenvalue weighted by molar-refractivity contribution is 7.72. The summed E-state index contributed by atoms with van der Waals surface area (Å²) < 4.78 is 29.8. The molecule has 0 spiro atoms. The first-order valence-corrected chi connectivity index (χ1v) is 11.5. The number of nitrogens with zero attached hydrogens (tertiary/aromatic N) is 5. The van der Waals surface area contributed by atoms with Crippen molar-refractivity contribution in [2.75, 3.05) is 30.9 Å². The Morgan fingerprint density at radius 1 is 1.37 bits per heavy atom. The van der Waals surface area contributed by atoms with Crippen LogP contribution in [0.1, 0.15) is 26.7 Å². The minimum absolute atomic E-state index is 0.119. The number of hydrogen-bond donors (Lipinski definition) is 3. The Bertz CT molecular complexity index is 1060. The Hall–Kier alpha value is -2.66. The molecule has 3 aromatic heterocycles. The van der Waals surface area contributed by atoms with Crippen LogP contribution in [0, 0.1) is 5.92 Å². The van der Waals surface area contributed by atoms with Gasteiger partial charge < -0.3 is 10.1 Å². The van der Waals surface area contributed by atoms with E-state index in [1.807, 2.05) is 23.2 Å². The van der Waals surface area contributed by atoms with E-state index in [0.29, 0.717) is 24.1 Å². The number of thiol groups is 1. The average Bonchev–Trinajstić information content (AvgIpc) is 3.37. The second kappa shape index (κ2) is 9.00. The zero-order chi connectivity index (χ0) is 21.1. The van der Waals surface area contributed by atoms with Crippen LogP contribution in [0.2, 0.25) is 0 Å². The van der Waals surface area contributed by atoms with Crippen LogP contribution in [0.3, 0.4) is 0 Å². The molecule has 11 heteroatoms. The molecule has 0 amide bonds. The second-order valence-corrected chi connectivity index (χ2v) is 8.61. The normalized spacial score (nSPS) is 20.1. The number of hydrogen-bond acceptors (Lipinski definition) is 8. The number of anilines is 1. The number of piperidine rings is 1. The van der Waals surface area contributed by atoms with Crippen molar-refractivity contribution in [3.63, 3.8) is 0 Å². The molecule has 0 bridgehead atoms. The second-order valence-electron chi connectivity index (χ2n) is 7.66. The molecule has 1 fully saturated rings. The standard InChI is InChI=1S/C19H27N7O3S/c1-3-8-29-18-15(14-9-20-21-10-14)4-5-17-23-19(24-26(17)18)22-16-6-7-25(11-13(16)2)12-30(27)28/h4-5,9-10,13,16,30H,3,6-8,11-12H2,1-2H3,(H,20,21)(H,22,24)/t13-,16+/m1/s1. The summed E-state index contributed by atoms with van der Waals surface area (Å²) in [6.45, 7) is 6.20. The molecule has 0 saturated carbocycles. The molecule has 4 rings (SSSR count). The van der Waals surface area contributed by atoms with Gasteiger partial charge in [-0.1, -0.05) is 13.8 Å². The van der Waals surface area contributed by atoms with Gasteiger partial charge in [0.2, 0.25) is 11.8 Å². The van der Waals surface area contributed by atoms with Crippen LogP contribution in [-0.2, 0) is 10.7 Å². The fraction of sp³-hybridized carbons (Fsp3) is 0.526. The number of rotatable bonds is 8. The van der Waals surface area contributed by atoms with Gasteiger partial charge in [-0.05, 0) is 30.9 Å². The van der Waals surface area contributed by atoms with Gasteiger partial charge >= 0.3 is 0 Å². The Morgan fingerprint density at radius 3 is 2.93 bits per heavy atom. The molecule has 0 radical (unpaired) electrons. The lowest BCUT2D eigenvalue weighted by molar-refractivity contribution is 0.196. The molecule has 1 aliphatic heterocycles. The number of H-pyrrole nitrogens is 1. The third-order valence-electron chi connectivity index (χ3n) is 5.33. The molecule has 3 aromatic rings. The van der Waals surface area contributed by atoms with E-state index in [0.717, 1.165) is 37.1 Å². The summed E-state index contributed by atoms with van der Waals surface area (Å²) in [5, 5.41) is 15.0. The Morgan fingerprint density at radius 2 is 2.23 bits per heavy atom. The van der Waals surface area contributed by atoms with Crippen LogP contribution in [-0.4, -0.2) is 69.7 Å². The third-order valence-corrected chi connectivity index (χ3v) is 5.96.